The third kappa shape index (κ3) is 8.12. The molecule has 0 spiro atoms. The molecule has 0 bridgehead atoms. The number of halogens is 6. The number of thiazole rings is 1. The molecule has 200 valence electrons. The second-order valence-electron chi connectivity index (χ2n) is 7.91. The van der Waals surface area contributed by atoms with Gasteiger partial charge >= 0.3 is 12.4 Å². The zero-order valence-electron chi connectivity index (χ0n) is 19.6. The topological polar surface area (TPSA) is 91.8 Å². The van der Waals surface area contributed by atoms with E-state index < -0.39 is 35.1 Å². The van der Waals surface area contributed by atoms with Crippen LogP contribution in [0, 0.1) is 0 Å². The molecule has 0 fully saturated rings. The number of aromatic nitrogens is 3. The van der Waals surface area contributed by atoms with Gasteiger partial charge in [-0.15, -0.1) is 11.3 Å². The highest BCUT2D eigenvalue weighted by molar-refractivity contribution is 7.14. The largest absolute Gasteiger partial charge is 0.420 e. The van der Waals surface area contributed by atoms with Gasteiger partial charge in [0.15, 0.2) is 5.13 Å². The first-order valence-corrected chi connectivity index (χ1v) is 12.2. The van der Waals surface area contributed by atoms with Gasteiger partial charge in [0.25, 0.3) is 5.91 Å². The minimum absolute atomic E-state index is 0.122. The Balaban J connectivity index is 1.72. The Morgan fingerprint density at radius 3 is 2.46 bits per heavy atom. The minimum Gasteiger partial charge on any atom is -0.351 e. The molecular weight excluding hydrogens is 522 g/mol. The fourth-order valence-electron chi connectivity index (χ4n) is 3.16. The number of nitrogens with one attached hydrogen (secondary N) is 3. The number of carbonyl (C=O) groups excluding carboxylic acids is 1. The van der Waals surface area contributed by atoms with Gasteiger partial charge in [0.2, 0.25) is 5.95 Å². The molecule has 0 unspecified atom stereocenters. The first-order valence-electron chi connectivity index (χ1n) is 11.3. The molecule has 0 aliphatic rings. The molecule has 14 heteroatoms. The van der Waals surface area contributed by atoms with Gasteiger partial charge in [-0.1, -0.05) is 25.5 Å². The lowest BCUT2D eigenvalue weighted by molar-refractivity contribution is -0.138. The molecule has 37 heavy (non-hydrogen) atoms. The second kappa shape index (κ2) is 12.3. The molecule has 0 saturated heterocycles. The number of hydrogen-bond donors (Lipinski definition) is 3. The smallest absolute Gasteiger partial charge is 0.351 e. The molecule has 0 radical (unpaired) electrons. The molecule has 0 aliphatic heterocycles. The summed E-state index contributed by atoms with van der Waals surface area (Å²) in [5.41, 5.74) is -2.56. The summed E-state index contributed by atoms with van der Waals surface area (Å²) in [6.45, 7) is 3.61. The van der Waals surface area contributed by atoms with E-state index in [4.69, 9.17) is 0 Å². The van der Waals surface area contributed by atoms with Gasteiger partial charge in [0, 0.05) is 23.7 Å². The van der Waals surface area contributed by atoms with Crippen LogP contribution in [0.5, 0.6) is 0 Å². The Hall–Kier alpha value is -3.26. The summed E-state index contributed by atoms with van der Waals surface area (Å²) in [5, 5.41) is 9.81. The van der Waals surface area contributed by atoms with Gasteiger partial charge in [-0.3, -0.25) is 4.79 Å². The third-order valence-corrected chi connectivity index (χ3v) is 5.80. The SMILES string of the molecule is CCCCNCCCNC(=O)c1nc(Nc2nc(-c3cccc(C(F)(F)F)c3)cs2)ncc1C(F)(F)F. The van der Waals surface area contributed by atoms with Gasteiger partial charge < -0.3 is 16.0 Å². The van der Waals surface area contributed by atoms with Crippen molar-refractivity contribution in [1.82, 2.24) is 25.6 Å². The van der Waals surface area contributed by atoms with E-state index in [9.17, 15) is 31.1 Å². The molecule has 0 saturated carbocycles. The van der Waals surface area contributed by atoms with Crippen LogP contribution in [0.2, 0.25) is 0 Å². The summed E-state index contributed by atoms with van der Waals surface area (Å²) in [6, 6.07) is 4.57. The summed E-state index contributed by atoms with van der Waals surface area (Å²) in [4.78, 5) is 24.1. The Bertz CT molecular complexity index is 1200. The van der Waals surface area contributed by atoms with Gasteiger partial charge in [0.1, 0.15) is 11.3 Å². The molecule has 7 nitrogen and oxygen atoms in total. The van der Waals surface area contributed by atoms with E-state index in [2.05, 4.69) is 37.8 Å². The number of alkyl halides is 6. The van der Waals surface area contributed by atoms with Gasteiger partial charge in [-0.05, 0) is 38.1 Å². The molecule has 0 aliphatic carbocycles. The first kappa shape index (κ1) is 28.3. The quantitative estimate of drug-likeness (QED) is 0.205. The van der Waals surface area contributed by atoms with Crippen LogP contribution in [0.25, 0.3) is 11.3 Å². The monoisotopic (exact) mass is 546 g/mol. The zero-order valence-corrected chi connectivity index (χ0v) is 20.4. The minimum atomic E-state index is -4.86. The van der Waals surface area contributed by atoms with Crippen molar-refractivity contribution < 1.29 is 31.1 Å². The van der Waals surface area contributed by atoms with E-state index in [0.717, 1.165) is 42.9 Å². The predicted octanol–water partition coefficient (Wildman–Crippen LogP) is 5.89. The van der Waals surface area contributed by atoms with Gasteiger partial charge in [0.05, 0.1) is 11.3 Å². The summed E-state index contributed by atoms with van der Waals surface area (Å²) in [7, 11) is 0. The van der Waals surface area contributed by atoms with Crippen molar-refractivity contribution in [3.05, 3.63) is 52.7 Å². The number of hydrogen-bond acceptors (Lipinski definition) is 7. The molecular formula is C23H24F6N6OS. The molecule has 1 amide bonds. The average molecular weight is 547 g/mol. The average Bonchev–Trinajstić information content (AvgIpc) is 3.30. The summed E-state index contributed by atoms with van der Waals surface area (Å²) >= 11 is 0.988. The van der Waals surface area contributed by atoms with Crippen LogP contribution < -0.4 is 16.0 Å². The maximum absolute atomic E-state index is 13.5. The van der Waals surface area contributed by atoms with Crippen molar-refractivity contribution in [2.24, 2.45) is 0 Å². The lowest BCUT2D eigenvalue weighted by Gasteiger charge is -2.13. The highest BCUT2D eigenvalue weighted by atomic mass is 32.1. The van der Waals surface area contributed by atoms with Crippen LogP contribution >= 0.6 is 11.3 Å². The fraction of sp³-hybridized carbons (Fsp3) is 0.391. The van der Waals surface area contributed by atoms with E-state index in [0.29, 0.717) is 19.2 Å². The van der Waals surface area contributed by atoms with Crippen LogP contribution in [0.1, 0.15) is 47.8 Å². The fourth-order valence-corrected chi connectivity index (χ4v) is 3.88. The molecule has 2 aromatic heterocycles. The van der Waals surface area contributed by atoms with Crippen LogP contribution in [0.3, 0.4) is 0 Å². The van der Waals surface area contributed by atoms with Crippen LogP contribution in [-0.2, 0) is 12.4 Å². The van der Waals surface area contributed by atoms with Crippen molar-refractivity contribution in [3.8, 4) is 11.3 Å². The maximum atomic E-state index is 13.5. The molecule has 0 atom stereocenters. The number of anilines is 2. The Morgan fingerprint density at radius 1 is 1.00 bits per heavy atom. The van der Waals surface area contributed by atoms with E-state index in [1.807, 2.05) is 0 Å². The van der Waals surface area contributed by atoms with Crippen molar-refractivity contribution in [2.45, 2.75) is 38.5 Å². The summed E-state index contributed by atoms with van der Waals surface area (Å²) < 4.78 is 79.3. The number of rotatable bonds is 11. The second-order valence-corrected chi connectivity index (χ2v) is 8.77. The number of carbonyl (C=O) groups is 1. The normalized spacial score (nSPS) is 12.0. The Labute approximate surface area is 212 Å². The third-order valence-electron chi connectivity index (χ3n) is 5.04. The zero-order chi connectivity index (χ0) is 27.1. The van der Waals surface area contributed by atoms with Crippen LogP contribution in [-0.4, -0.2) is 40.5 Å². The van der Waals surface area contributed by atoms with Gasteiger partial charge in [-0.25, -0.2) is 15.0 Å². The summed E-state index contributed by atoms with van der Waals surface area (Å²) in [6.07, 6.45) is -6.34. The van der Waals surface area contributed by atoms with E-state index in [-0.39, 0.29) is 28.9 Å². The van der Waals surface area contributed by atoms with E-state index >= 15 is 0 Å². The Morgan fingerprint density at radius 2 is 1.76 bits per heavy atom. The molecule has 3 N–H and O–H groups in total. The van der Waals surface area contributed by atoms with E-state index in [1.165, 1.54) is 17.5 Å². The maximum Gasteiger partial charge on any atom is 0.420 e. The van der Waals surface area contributed by atoms with Crippen LogP contribution in [0.4, 0.5) is 37.4 Å². The number of unbranched alkanes of at least 4 members (excludes halogenated alkanes) is 1. The highest BCUT2D eigenvalue weighted by Crippen LogP contribution is 2.34. The van der Waals surface area contributed by atoms with Crippen molar-refractivity contribution in [2.75, 3.05) is 25.0 Å². The van der Waals surface area contributed by atoms with Crippen molar-refractivity contribution in [3.63, 3.8) is 0 Å². The summed E-state index contributed by atoms with van der Waals surface area (Å²) in [5.74, 6) is -1.32. The van der Waals surface area contributed by atoms with E-state index in [1.54, 1.807) is 0 Å². The highest BCUT2D eigenvalue weighted by Gasteiger charge is 2.37. The molecule has 3 rings (SSSR count). The molecule has 1 aromatic carbocycles. The Kier molecular flexibility index (Phi) is 9.43. The van der Waals surface area contributed by atoms with Crippen LogP contribution in [0.15, 0.2) is 35.8 Å². The number of benzene rings is 1. The molecule has 2 heterocycles. The standard InChI is InChI=1S/C23H24F6N6OS/c1-2-3-8-30-9-5-10-31-19(36)18-16(23(27,28)29)12-32-20(34-18)35-21-33-17(13-37-21)14-6-4-7-15(11-14)22(24,25)26/h4,6-7,11-13,30H,2-3,5,8-10H2,1H3,(H,31,36)(H,32,33,34,35). The number of nitrogens with zero attached hydrogens (tertiary/aromatic N) is 3. The number of amides is 1. The van der Waals surface area contributed by atoms with Crippen molar-refractivity contribution >= 4 is 28.3 Å². The van der Waals surface area contributed by atoms with Crippen molar-refractivity contribution in [1.29, 1.82) is 0 Å². The predicted molar refractivity (Wildman–Crippen MR) is 128 cm³/mol. The van der Waals surface area contributed by atoms with Gasteiger partial charge in [-0.2, -0.15) is 26.3 Å². The first-order chi connectivity index (χ1) is 17.5. The lowest BCUT2D eigenvalue weighted by Crippen LogP contribution is -2.30. The molecule has 3 aromatic rings. The lowest BCUT2D eigenvalue weighted by atomic mass is 10.1.